The molecule has 0 saturated heterocycles. The largest absolute Gasteiger partial charge is 0.356 e. The number of benzene rings is 1. The maximum atomic E-state index is 4.60. The molecule has 0 amide bonds. The minimum absolute atomic E-state index is 0.832. The Balaban J connectivity index is 1.53. The Morgan fingerprint density at radius 3 is 2.86 bits per heavy atom. The van der Waals surface area contributed by atoms with Crippen LogP contribution >= 0.6 is 0 Å². The van der Waals surface area contributed by atoms with Crippen molar-refractivity contribution in [1.29, 1.82) is 0 Å². The highest BCUT2D eigenvalue weighted by atomic mass is 15.2. The molecule has 5 heteroatoms. The molecule has 1 aliphatic rings. The highest BCUT2D eigenvalue weighted by molar-refractivity contribution is 5.79. The molecule has 0 bridgehead atoms. The zero-order valence-electron chi connectivity index (χ0n) is 13.5. The fraction of sp³-hybridized carbons (Fsp3) is 0.529. The summed E-state index contributed by atoms with van der Waals surface area (Å²) in [6, 6.07) is 8.28. The van der Waals surface area contributed by atoms with Crippen LogP contribution in [0.3, 0.4) is 0 Å². The lowest BCUT2D eigenvalue weighted by molar-refractivity contribution is 0.314. The SMILES string of the molecule is CN=C(NCCn1c(C)nc2ccccc21)NCC1CCC1. The molecule has 0 spiro atoms. The molecular formula is C17H25N5. The van der Waals surface area contributed by atoms with Gasteiger partial charge in [-0.15, -0.1) is 0 Å². The number of para-hydroxylation sites is 2. The van der Waals surface area contributed by atoms with Gasteiger partial charge >= 0.3 is 0 Å². The van der Waals surface area contributed by atoms with Crippen LogP contribution in [0.1, 0.15) is 25.1 Å². The summed E-state index contributed by atoms with van der Waals surface area (Å²) in [7, 11) is 1.83. The molecule has 1 heterocycles. The van der Waals surface area contributed by atoms with Gasteiger partial charge in [0.25, 0.3) is 0 Å². The number of rotatable bonds is 5. The van der Waals surface area contributed by atoms with Gasteiger partial charge in [0, 0.05) is 26.7 Å². The molecule has 1 aromatic heterocycles. The molecule has 1 saturated carbocycles. The Labute approximate surface area is 131 Å². The van der Waals surface area contributed by atoms with Crippen LogP contribution in [0.2, 0.25) is 0 Å². The minimum atomic E-state index is 0.832. The van der Waals surface area contributed by atoms with E-state index < -0.39 is 0 Å². The first kappa shape index (κ1) is 14.9. The van der Waals surface area contributed by atoms with Crippen LogP contribution in [0.25, 0.3) is 11.0 Å². The van der Waals surface area contributed by atoms with Crippen LogP contribution in [-0.4, -0.2) is 35.6 Å². The monoisotopic (exact) mass is 299 g/mol. The van der Waals surface area contributed by atoms with Gasteiger partial charge in [0.1, 0.15) is 5.82 Å². The summed E-state index contributed by atoms with van der Waals surface area (Å²) in [6.45, 7) is 4.82. The molecule has 0 aliphatic heterocycles. The van der Waals surface area contributed by atoms with E-state index in [-0.39, 0.29) is 0 Å². The van der Waals surface area contributed by atoms with Gasteiger partial charge < -0.3 is 15.2 Å². The average Bonchev–Trinajstić information content (AvgIpc) is 2.80. The normalized spacial score (nSPS) is 15.8. The molecule has 3 rings (SSSR count). The zero-order chi connectivity index (χ0) is 15.4. The quantitative estimate of drug-likeness (QED) is 0.658. The van der Waals surface area contributed by atoms with E-state index in [1.54, 1.807) is 0 Å². The Bertz CT molecular complexity index is 654. The van der Waals surface area contributed by atoms with E-state index in [1.807, 2.05) is 13.1 Å². The number of imidazole rings is 1. The van der Waals surface area contributed by atoms with Gasteiger partial charge in [-0.25, -0.2) is 4.98 Å². The molecule has 1 aliphatic carbocycles. The van der Waals surface area contributed by atoms with Crippen molar-refractivity contribution >= 4 is 17.0 Å². The van der Waals surface area contributed by atoms with E-state index in [4.69, 9.17) is 0 Å². The Hall–Kier alpha value is -2.04. The van der Waals surface area contributed by atoms with Crippen LogP contribution in [0.4, 0.5) is 0 Å². The summed E-state index contributed by atoms with van der Waals surface area (Å²) in [5.74, 6) is 2.78. The van der Waals surface area contributed by atoms with Crippen molar-refractivity contribution in [1.82, 2.24) is 20.2 Å². The Kier molecular flexibility index (Phi) is 4.61. The third-order valence-corrected chi connectivity index (χ3v) is 4.48. The first-order valence-electron chi connectivity index (χ1n) is 8.14. The molecule has 0 radical (unpaired) electrons. The zero-order valence-corrected chi connectivity index (χ0v) is 13.5. The fourth-order valence-electron chi connectivity index (χ4n) is 2.92. The molecule has 0 atom stereocenters. The number of aromatic nitrogens is 2. The van der Waals surface area contributed by atoms with Gasteiger partial charge in [-0.2, -0.15) is 0 Å². The van der Waals surface area contributed by atoms with Crippen molar-refractivity contribution in [3.8, 4) is 0 Å². The molecule has 1 fully saturated rings. The topological polar surface area (TPSA) is 54.2 Å². The van der Waals surface area contributed by atoms with Crippen molar-refractivity contribution in [2.75, 3.05) is 20.1 Å². The summed E-state index contributed by atoms with van der Waals surface area (Å²) in [6.07, 6.45) is 4.08. The number of hydrogen-bond acceptors (Lipinski definition) is 2. The van der Waals surface area contributed by atoms with Gasteiger partial charge in [-0.1, -0.05) is 18.6 Å². The van der Waals surface area contributed by atoms with Gasteiger partial charge in [-0.05, 0) is 37.8 Å². The average molecular weight is 299 g/mol. The molecule has 5 nitrogen and oxygen atoms in total. The summed E-state index contributed by atoms with van der Waals surface area (Å²) in [5.41, 5.74) is 2.26. The minimum Gasteiger partial charge on any atom is -0.356 e. The van der Waals surface area contributed by atoms with Crippen LogP contribution in [-0.2, 0) is 6.54 Å². The molecule has 2 aromatic rings. The lowest BCUT2D eigenvalue weighted by atomic mass is 9.85. The van der Waals surface area contributed by atoms with Crippen molar-refractivity contribution in [3.63, 3.8) is 0 Å². The van der Waals surface area contributed by atoms with Crippen LogP contribution in [0.5, 0.6) is 0 Å². The van der Waals surface area contributed by atoms with Crippen molar-refractivity contribution < 1.29 is 0 Å². The van der Waals surface area contributed by atoms with E-state index in [0.29, 0.717) is 0 Å². The number of nitrogens with one attached hydrogen (secondary N) is 2. The fourth-order valence-corrected chi connectivity index (χ4v) is 2.92. The number of aliphatic imine (C=N–C) groups is 1. The van der Waals surface area contributed by atoms with E-state index in [2.05, 4.69) is 50.3 Å². The first-order chi connectivity index (χ1) is 10.8. The highest BCUT2D eigenvalue weighted by Gasteiger charge is 2.17. The predicted molar refractivity (Wildman–Crippen MR) is 91.2 cm³/mol. The van der Waals surface area contributed by atoms with Gasteiger partial charge in [-0.3, -0.25) is 4.99 Å². The van der Waals surface area contributed by atoms with Gasteiger partial charge in [0.15, 0.2) is 5.96 Å². The van der Waals surface area contributed by atoms with Crippen LogP contribution < -0.4 is 10.6 Å². The standard InChI is InChI=1S/C17H25N5/c1-13-21-15-8-3-4-9-16(15)22(13)11-10-19-17(18-2)20-12-14-6-5-7-14/h3-4,8-9,14H,5-7,10-12H2,1-2H3,(H2,18,19,20). The van der Waals surface area contributed by atoms with E-state index in [9.17, 15) is 0 Å². The van der Waals surface area contributed by atoms with Crippen LogP contribution in [0.15, 0.2) is 29.3 Å². The third kappa shape index (κ3) is 3.24. The second-order valence-electron chi connectivity index (χ2n) is 5.98. The van der Waals surface area contributed by atoms with Crippen molar-refractivity contribution in [2.24, 2.45) is 10.9 Å². The second-order valence-corrected chi connectivity index (χ2v) is 5.98. The predicted octanol–water partition coefficient (Wildman–Crippen LogP) is 2.31. The summed E-state index contributed by atoms with van der Waals surface area (Å²) >= 11 is 0. The summed E-state index contributed by atoms with van der Waals surface area (Å²) < 4.78 is 2.25. The van der Waals surface area contributed by atoms with E-state index in [1.165, 1.54) is 24.8 Å². The third-order valence-electron chi connectivity index (χ3n) is 4.48. The smallest absolute Gasteiger partial charge is 0.191 e. The number of hydrogen-bond donors (Lipinski definition) is 2. The molecule has 22 heavy (non-hydrogen) atoms. The van der Waals surface area contributed by atoms with E-state index in [0.717, 1.165) is 42.9 Å². The number of aryl methyl sites for hydroxylation is 1. The molecule has 118 valence electrons. The Morgan fingerprint density at radius 1 is 1.32 bits per heavy atom. The maximum Gasteiger partial charge on any atom is 0.191 e. The summed E-state index contributed by atoms with van der Waals surface area (Å²) in [4.78, 5) is 8.89. The molecule has 0 unspecified atom stereocenters. The van der Waals surface area contributed by atoms with Gasteiger partial charge in [0.2, 0.25) is 0 Å². The first-order valence-corrected chi connectivity index (χ1v) is 8.14. The lowest BCUT2D eigenvalue weighted by Gasteiger charge is -2.26. The second kappa shape index (κ2) is 6.81. The lowest BCUT2D eigenvalue weighted by Crippen LogP contribution is -2.42. The maximum absolute atomic E-state index is 4.60. The number of fused-ring (bicyclic) bond motifs is 1. The van der Waals surface area contributed by atoms with Gasteiger partial charge in [0.05, 0.1) is 11.0 Å². The number of nitrogens with zero attached hydrogens (tertiary/aromatic N) is 3. The van der Waals surface area contributed by atoms with Crippen molar-refractivity contribution in [3.05, 3.63) is 30.1 Å². The molecular weight excluding hydrogens is 274 g/mol. The van der Waals surface area contributed by atoms with Crippen LogP contribution in [0, 0.1) is 12.8 Å². The molecule has 2 N–H and O–H groups in total. The number of guanidine groups is 1. The highest BCUT2D eigenvalue weighted by Crippen LogP contribution is 2.25. The Morgan fingerprint density at radius 2 is 2.14 bits per heavy atom. The molecule has 1 aromatic carbocycles. The summed E-state index contributed by atoms with van der Waals surface area (Å²) in [5, 5.41) is 6.81. The van der Waals surface area contributed by atoms with E-state index >= 15 is 0 Å². The van der Waals surface area contributed by atoms with Crippen molar-refractivity contribution in [2.45, 2.75) is 32.7 Å².